The number of primary amides is 1. The third-order valence-electron chi connectivity index (χ3n) is 2.30. The Labute approximate surface area is 108 Å². The summed E-state index contributed by atoms with van der Waals surface area (Å²) in [6.45, 7) is 1.38. The number of carbonyl (C=O) groups excluding carboxylic acids is 2. The molecule has 0 atom stereocenters. The monoisotopic (exact) mass is 261 g/mol. The van der Waals surface area contributed by atoms with Crippen molar-refractivity contribution in [3.63, 3.8) is 0 Å². The average Bonchev–Trinajstić information content (AvgIpc) is 2.74. The molecule has 1 amide bonds. The Bertz CT molecular complexity index is 590. The predicted octanol–water partition coefficient (Wildman–Crippen LogP) is 2.84. The van der Waals surface area contributed by atoms with Crippen molar-refractivity contribution in [2.24, 2.45) is 5.73 Å². The topological polar surface area (TPSA) is 69.4 Å². The first-order chi connectivity index (χ1) is 8.59. The van der Waals surface area contributed by atoms with Gasteiger partial charge in [-0.2, -0.15) is 0 Å². The molecule has 1 aromatic heterocycles. The molecule has 0 spiro atoms. The number of hydrogen-bond acceptors (Lipinski definition) is 4. The number of rotatable bonds is 4. The molecule has 92 valence electrons. The molecule has 0 aliphatic heterocycles. The second kappa shape index (κ2) is 5.01. The summed E-state index contributed by atoms with van der Waals surface area (Å²) in [5, 5.41) is 1.61. The minimum absolute atomic E-state index is 0.230. The highest BCUT2D eigenvalue weighted by Gasteiger charge is 2.20. The molecule has 2 aromatic rings. The molecule has 1 heterocycles. The summed E-state index contributed by atoms with van der Waals surface area (Å²) < 4.78 is 5.58. The predicted molar refractivity (Wildman–Crippen MR) is 69.4 cm³/mol. The van der Waals surface area contributed by atoms with E-state index in [2.05, 4.69) is 0 Å². The Hall–Kier alpha value is -2.14. The minimum atomic E-state index is -0.617. The summed E-state index contributed by atoms with van der Waals surface area (Å²) in [5.41, 5.74) is 5.47. The van der Waals surface area contributed by atoms with Gasteiger partial charge in [0.2, 0.25) is 0 Å². The molecule has 0 aliphatic carbocycles. The fourth-order valence-corrected chi connectivity index (χ4v) is 2.42. The smallest absolute Gasteiger partial charge is 0.259 e. The van der Waals surface area contributed by atoms with Gasteiger partial charge in [-0.05, 0) is 19.1 Å². The lowest BCUT2D eigenvalue weighted by molar-refractivity contribution is 0.0975. The van der Waals surface area contributed by atoms with E-state index in [1.165, 1.54) is 6.92 Å². The van der Waals surface area contributed by atoms with Gasteiger partial charge in [-0.25, -0.2) is 0 Å². The van der Waals surface area contributed by atoms with Crippen molar-refractivity contribution < 1.29 is 14.3 Å². The third kappa shape index (κ3) is 2.41. The highest BCUT2D eigenvalue weighted by molar-refractivity contribution is 7.12. The van der Waals surface area contributed by atoms with Crippen molar-refractivity contribution in [2.45, 2.75) is 6.92 Å². The first-order valence-corrected chi connectivity index (χ1v) is 6.12. The molecule has 1 aromatic carbocycles. The van der Waals surface area contributed by atoms with Gasteiger partial charge in [-0.3, -0.25) is 9.59 Å². The van der Waals surface area contributed by atoms with Crippen LogP contribution in [0, 0.1) is 0 Å². The first kappa shape index (κ1) is 12.3. The SMILES string of the molecule is CC(=O)c1c(Oc2ccccc2)csc1C(N)=O. The van der Waals surface area contributed by atoms with Gasteiger partial charge in [0.1, 0.15) is 16.4 Å². The molecule has 2 rings (SSSR count). The molecule has 0 saturated heterocycles. The zero-order valence-electron chi connectivity index (χ0n) is 9.67. The van der Waals surface area contributed by atoms with E-state index < -0.39 is 5.91 Å². The van der Waals surface area contributed by atoms with Crippen molar-refractivity contribution in [2.75, 3.05) is 0 Å². The van der Waals surface area contributed by atoms with E-state index in [1.807, 2.05) is 18.2 Å². The van der Waals surface area contributed by atoms with Crippen LogP contribution in [-0.4, -0.2) is 11.7 Å². The van der Waals surface area contributed by atoms with E-state index in [-0.39, 0.29) is 16.2 Å². The standard InChI is InChI=1S/C13H11NO3S/c1-8(15)11-10(7-18-12(11)13(14)16)17-9-5-3-2-4-6-9/h2-7H,1H3,(H2,14,16). The maximum absolute atomic E-state index is 11.6. The Morgan fingerprint density at radius 3 is 2.44 bits per heavy atom. The summed E-state index contributed by atoms with van der Waals surface area (Å²) in [6.07, 6.45) is 0. The average molecular weight is 261 g/mol. The van der Waals surface area contributed by atoms with E-state index in [1.54, 1.807) is 17.5 Å². The molecule has 18 heavy (non-hydrogen) atoms. The maximum Gasteiger partial charge on any atom is 0.259 e. The van der Waals surface area contributed by atoms with Gasteiger partial charge < -0.3 is 10.5 Å². The van der Waals surface area contributed by atoms with Crippen molar-refractivity contribution in [3.8, 4) is 11.5 Å². The van der Waals surface area contributed by atoms with Crippen LogP contribution in [-0.2, 0) is 0 Å². The Morgan fingerprint density at radius 1 is 1.22 bits per heavy atom. The van der Waals surface area contributed by atoms with Crippen LogP contribution in [0.25, 0.3) is 0 Å². The van der Waals surface area contributed by atoms with E-state index in [9.17, 15) is 9.59 Å². The van der Waals surface area contributed by atoms with Crippen LogP contribution in [0.15, 0.2) is 35.7 Å². The first-order valence-electron chi connectivity index (χ1n) is 5.24. The number of benzene rings is 1. The molecule has 0 aliphatic rings. The van der Waals surface area contributed by atoms with Crippen molar-refractivity contribution in [1.29, 1.82) is 0 Å². The molecule has 4 nitrogen and oxygen atoms in total. The lowest BCUT2D eigenvalue weighted by Crippen LogP contribution is -2.13. The molecular weight excluding hydrogens is 250 g/mol. The third-order valence-corrected chi connectivity index (χ3v) is 3.28. The van der Waals surface area contributed by atoms with Crippen LogP contribution in [0.5, 0.6) is 11.5 Å². The number of thiophene rings is 1. The van der Waals surface area contributed by atoms with Gasteiger partial charge in [0.15, 0.2) is 5.78 Å². The van der Waals surface area contributed by atoms with Crippen molar-refractivity contribution in [3.05, 3.63) is 46.2 Å². The van der Waals surface area contributed by atoms with Gasteiger partial charge in [-0.15, -0.1) is 11.3 Å². The zero-order chi connectivity index (χ0) is 13.1. The number of carbonyl (C=O) groups is 2. The molecule has 0 unspecified atom stereocenters. The molecule has 5 heteroatoms. The van der Waals surface area contributed by atoms with E-state index >= 15 is 0 Å². The van der Waals surface area contributed by atoms with Gasteiger partial charge in [0.05, 0.1) is 5.56 Å². The van der Waals surface area contributed by atoms with Crippen LogP contribution in [0.2, 0.25) is 0 Å². The summed E-state index contributed by atoms with van der Waals surface area (Å²) >= 11 is 1.11. The Morgan fingerprint density at radius 2 is 1.89 bits per heavy atom. The number of nitrogens with two attached hydrogens (primary N) is 1. The fraction of sp³-hybridized carbons (Fsp3) is 0.0769. The molecule has 0 bridgehead atoms. The van der Waals surface area contributed by atoms with E-state index in [4.69, 9.17) is 10.5 Å². The summed E-state index contributed by atoms with van der Waals surface area (Å²) in [7, 11) is 0. The number of ketones is 1. The number of hydrogen-bond donors (Lipinski definition) is 1. The summed E-state index contributed by atoms with van der Waals surface area (Å²) in [6, 6.07) is 9.05. The zero-order valence-corrected chi connectivity index (χ0v) is 10.5. The highest BCUT2D eigenvalue weighted by atomic mass is 32.1. The van der Waals surface area contributed by atoms with Crippen LogP contribution in [0.1, 0.15) is 27.0 Å². The second-order valence-corrected chi connectivity index (χ2v) is 4.52. The van der Waals surface area contributed by atoms with Gasteiger partial charge >= 0.3 is 0 Å². The molecule has 0 radical (unpaired) electrons. The lowest BCUT2D eigenvalue weighted by Gasteiger charge is -2.05. The lowest BCUT2D eigenvalue weighted by atomic mass is 10.1. The number of amides is 1. The van der Waals surface area contributed by atoms with Crippen LogP contribution < -0.4 is 10.5 Å². The number of Topliss-reactive ketones (excluding diaryl/α,β-unsaturated/α-hetero) is 1. The van der Waals surface area contributed by atoms with Crippen LogP contribution >= 0.6 is 11.3 Å². The van der Waals surface area contributed by atoms with Gasteiger partial charge in [0.25, 0.3) is 5.91 Å². The number of ether oxygens (including phenoxy) is 1. The Kier molecular flexibility index (Phi) is 3.43. The molecule has 0 saturated carbocycles. The summed E-state index contributed by atoms with van der Waals surface area (Å²) in [5.74, 6) is 0.116. The normalized spacial score (nSPS) is 10.1. The molecule has 2 N–H and O–H groups in total. The fourth-order valence-electron chi connectivity index (χ4n) is 1.55. The maximum atomic E-state index is 11.6. The van der Waals surface area contributed by atoms with Crippen LogP contribution in [0.4, 0.5) is 0 Å². The van der Waals surface area contributed by atoms with Gasteiger partial charge in [-0.1, -0.05) is 18.2 Å². The van der Waals surface area contributed by atoms with Gasteiger partial charge in [0, 0.05) is 5.38 Å². The Balaban J connectivity index is 2.40. The largest absolute Gasteiger partial charge is 0.456 e. The van der Waals surface area contributed by atoms with E-state index in [0.717, 1.165) is 11.3 Å². The van der Waals surface area contributed by atoms with E-state index in [0.29, 0.717) is 11.5 Å². The molecular formula is C13H11NO3S. The van der Waals surface area contributed by atoms with Crippen molar-refractivity contribution in [1.82, 2.24) is 0 Å². The molecule has 0 fully saturated rings. The minimum Gasteiger partial charge on any atom is -0.456 e. The van der Waals surface area contributed by atoms with Crippen molar-refractivity contribution >= 4 is 23.0 Å². The second-order valence-electron chi connectivity index (χ2n) is 3.64. The summed E-state index contributed by atoms with van der Waals surface area (Å²) in [4.78, 5) is 23.0. The number of para-hydroxylation sites is 1. The quantitative estimate of drug-likeness (QED) is 0.860. The van der Waals surface area contributed by atoms with Crippen LogP contribution in [0.3, 0.4) is 0 Å². The highest BCUT2D eigenvalue weighted by Crippen LogP contribution is 2.33.